The molecule has 1 N–H and O–H groups in total. The minimum absolute atomic E-state index is 0.342. The molecule has 3 rings (SSSR count). The number of carbonyl (C=O) groups excluding carboxylic acids is 2. The molecule has 1 atom stereocenters. The summed E-state index contributed by atoms with van der Waals surface area (Å²) in [6.45, 7) is 0.460. The van der Waals surface area contributed by atoms with Crippen LogP contribution < -0.4 is 4.90 Å². The predicted molar refractivity (Wildman–Crippen MR) is 100 cm³/mol. The number of carboxylic acid groups (broad SMARTS) is 1. The zero-order valence-corrected chi connectivity index (χ0v) is 15.7. The summed E-state index contributed by atoms with van der Waals surface area (Å²) < 4.78 is 0. The highest BCUT2D eigenvalue weighted by atomic mass is 32.2. The van der Waals surface area contributed by atoms with Crippen molar-refractivity contribution in [1.82, 2.24) is 4.90 Å². The number of nitrogens with zero attached hydrogens (tertiary/aromatic N) is 2. The maximum absolute atomic E-state index is 13.0. The molecule has 1 aromatic carbocycles. The van der Waals surface area contributed by atoms with Gasteiger partial charge in [0.15, 0.2) is 0 Å². The molecule has 3 amide bonds. The Morgan fingerprint density at radius 2 is 1.96 bits per heavy atom. The smallest absolute Gasteiger partial charge is 0.332 e. The lowest BCUT2D eigenvalue weighted by atomic mass is 9.88. The molecule has 0 radical (unpaired) electrons. The van der Waals surface area contributed by atoms with Crippen molar-refractivity contribution in [2.45, 2.75) is 49.5 Å². The third kappa shape index (κ3) is 3.87. The van der Waals surface area contributed by atoms with E-state index in [1.54, 1.807) is 18.2 Å². The van der Waals surface area contributed by atoms with Crippen LogP contribution in [0.15, 0.2) is 29.2 Å². The number of rotatable bonds is 6. The molecule has 1 aliphatic carbocycles. The molecular formula is C19H24N2O4S. The monoisotopic (exact) mass is 376 g/mol. The fraction of sp³-hybridized carbons (Fsp3) is 0.526. The van der Waals surface area contributed by atoms with Crippen molar-refractivity contribution in [3.05, 3.63) is 24.3 Å². The highest BCUT2D eigenvalue weighted by molar-refractivity contribution is 7.98. The standard InChI is InChI=1S/C19H24N2O4S/c1-26-15-9-5-8-14(10-15)21-18(24)16(11-17(22)23)20(19(21)25)12-13-6-3-2-4-7-13/h5,8-10,13,16H,2-4,6-7,11-12H2,1H3,(H,22,23)/t16-/m0/s1. The van der Waals surface area contributed by atoms with Gasteiger partial charge < -0.3 is 10.0 Å². The number of carbonyl (C=O) groups is 3. The average molecular weight is 376 g/mol. The van der Waals surface area contributed by atoms with Crippen LogP contribution in [-0.2, 0) is 9.59 Å². The second kappa shape index (κ2) is 8.12. The van der Waals surface area contributed by atoms with Crippen molar-refractivity contribution in [3.63, 3.8) is 0 Å². The predicted octanol–water partition coefficient (Wildman–Crippen LogP) is 3.60. The Balaban J connectivity index is 1.87. The van der Waals surface area contributed by atoms with E-state index in [0.29, 0.717) is 18.2 Å². The summed E-state index contributed by atoms with van der Waals surface area (Å²) in [7, 11) is 0. The van der Waals surface area contributed by atoms with Gasteiger partial charge in [-0.05, 0) is 43.2 Å². The summed E-state index contributed by atoms with van der Waals surface area (Å²) in [4.78, 5) is 40.8. The highest BCUT2D eigenvalue weighted by Gasteiger charge is 2.47. The van der Waals surface area contributed by atoms with Crippen molar-refractivity contribution >= 4 is 35.4 Å². The van der Waals surface area contributed by atoms with E-state index in [1.165, 1.54) is 23.1 Å². The van der Waals surface area contributed by atoms with Crippen molar-refractivity contribution < 1.29 is 19.5 Å². The zero-order valence-electron chi connectivity index (χ0n) is 14.9. The molecule has 6 nitrogen and oxygen atoms in total. The number of hydrogen-bond donors (Lipinski definition) is 1. The van der Waals surface area contributed by atoms with Crippen LogP contribution in [0, 0.1) is 5.92 Å². The van der Waals surface area contributed by atoms with Gasteiger partial charge in [0.05, 0.1) is 12.1 Å². The Morgan fingerprint density at radius 3 is 2.62 bits per heavy atom. The first-order chi connectivity index (χ1) is 12.5. The summed E-state index contributed by atoms with van der Waals surface area (Å²) in [6, 6.07) is 5.91. The van der Waals surface area contributed by atoms with Crippen LogP contribution in [0.1, 0.15) is 38.5 Å². The lowest BCUT2D eigenvalue weighted by Gasteiger charge is -2.28. The van der Waals surface area contributed by atoms with Crippen LogP contribution in [0.2, 0.25) is 0 Å². The fourth-order valence-corrected chi connectivity index (χ4v) is 4.29. The van der Waals surface area contributed by atoms with Gasteiger partial charge in [-0.15, -0.1) is 11.8 Å². The first-order valence-electron chi connectivity index (χ1n) is 9.01. The van der Waals surface area contributed by atoms with Crippen LogP contribution in [0.5, 0.6) is 0 Å². The quantitative estimate of drug-likeness (QED) is 0.606. The number of carboxylic acids is 1. The van der Waals surface area contributed by atoms with Gasteiger partial charge in [-0.2, -0.15) is 0 Å². The Bertz CT molecular complexity index is 703. The Kier molecular flexibility index (Phi) is 5.86. The summed E-state index contributed by atoms with van der Waals surface area (Å²) in [6.07, 6.45) is 7.09. The maximum Gasteiger partial charge on any atom is 0.332 e. The van der Waals surface area contributed by atoms with Gasteiger partial charge in [-0.3, -0.25) is 9.59 Å². The molecule has 0 aromatic heterocycles. The second-order valence-corrected chi connectivity index (χ2v) is 7.81. The van der Waals surface area contributed by atoms with E-state index < -0.39 is 23.9 Å². The SMILES string of the molecule is CSc1cccc(N2C(=O)[C@H](CC(=O)O)N(CC3CCCCC3)C2=O)c1. The molecule has 26 heavy (non-hydrogen) atoms. The molecule has 1 aliphatic heterocycles. The van der Waals surface area contributed by atoms with Gasteiger partial charge in [-0.1, -0.05) is 25.3 Å². The van der Waals surface area contributed by atoms with Crippen molar-refractivity contribution in [1.29, 1.82) is 0 Å². The van der Waals surface area contributed by atoms with Gasteiger partial charge >= 0.3 is 12.0 Å². The minimum atomic E-state index is -1.07. The van der Waals surface area contributed by atoms with Crippen LogP contribution >= 0.6 is 11.8 Å². The van der Waals surface area contributed by atoms with E-state index in [0.717, 1.165) is 35.5 Å². The second-order valence-electron chi connectivity index (χ2n) is 6.93. The number of aliphatic carboxylic acids is 1. The number of amides is 3. The highest BCUT2D eigenvalue weighted by Crippen LogP contribution is 2.32. The molecule has 140 valence electrons. The molecule has 7 heteroatoms. The maximum atomic E-state index is 13.0. The molecule has 0 unspecified atom stereocenters. The van der Waals surface area contributed by atoms with Crippen molar-refractivity contribution in [2.75, 3.05) is 17.7 Å². The topological polar surface area (TPSA) is 77.9 Å². The lowest BCUT2D eigenvalue weighted by molar-refractivity contribution is -0.140. The number of hydrogen-bond acceptors (Lipinski definition) is 4. The first kappa shape index (κ1) is 18.8. The van der Waals surface area contributed by atoms with E-state index in [4.69, 9.17) is 0 Å². The van der Waals surface area contributed by atoms with Gasteiger partial charge in [0.25, 0.3) is 5.91 Å². The largest absolute Gasteiger partial charge is 0.481 e. The first-order valence-corrected chi connectivity index (χ1v) is 10.2. The average Bonchev–Trinajstić information content (AvgIpc) is 2.86. The van der Waals surface area contributed by atoms with E-state index in [2.05, 4.69) is 0 Å². The Labute approximate surface area is 157 Å². The van der Waals surface area contributed by atoms with Crippen LogP contribution in [0.3, 0.4) is 0 Å². The molecule has 1 heterocycles. The summed E-state index contributed by atoms with van der Waals surface area (Å²) in [5.41, 5.74) is 0.508. The van der Waals surface area contributed by atoms with E-state index in [1.807, 2.05) is 12.3 Å². The van der Waals surface area contributed by atoms with Gasteiger partial charge in [0.1, 0.15) is 6.04 Å². The molecule has 2 fully saturated rings. The Morgan fingerprint density at radius 1 is 1.23 bits per heavy atom. The molecule has 1 saturated heterocycles. The van der Waals surface area contributed by atoms with Crippen molar-refractivity contribution in [2.24, 2.45) is 5.92 Å². The molecule has 0 bridgehead atoms. The zero-order chi connectivity index (χ0) is 18.7. The number of imide groups is 1. The van der Waals surface area contributed by atoms with E-state index in [9.17, 15) is 19.5 Å². The third-order valence-electron chi connectivity index (χ3n) is 5.18. The molecular weight excluding hydrogens is 352 g/mol. The van der Waals surface area contributed by atoms with Crippen molar-refractivity contribution in [3.8, 4) is 0 Å². The summed E-state index contributed by atoms with van der Waals surface area (Å²) in [5.74, 6) is -1.16. The van der Waals surface area contributed by atoms with E-state index >= 15 is 0 Å². The molecule has 0 spiro atoms. The normalized spacial score (nSPS) is 21.5. The van der Waals surface area contributed by atoms with E-state index in [-0.39, 0.29) is 6.42 Å². The molecule has 1 aromatic rings. The van der Waals surface area contributed by atoms with Gasteiger partial charge in [0, 0.05) is 11.4 Å². The molecule has 2 aliphatic rings. The summed E-state index contributed by atoms with van der Waals surface area (Å²) >= 11 is 1.53. The minimum Gasteiger partial charge on any atom is -0.481 e. The fourth-order valence-electron chi connectivity index (χ4n) is 3.84. The van der Waals surface area contributed by atoms with Crippen LogP contribution in [0.4, 0.5) is 10.5 Å². The van der Waals surface area contributed by atoms with Gasteiger partial charge in [-0.25, -0.2) is 9.69 Å². The molecule has 1 saturated carbocycles. The summed E-state index contributed by atoms with van der Waals surface area (Å²) in [5, 5.41) is 9.23. The number of thioether (sulfide) groups is 1. The van der Waals surface area contributed by atoms with Gasteiger partial charge in [0.2, 0.25) is 0 Å². The van der Waals surface area contributed by atoms with Crippen LogP contribution in [0.25, 0.3) is 0 Å². The number of anilines is 1. The van der Waals surface area contributed by atoms with Crippen LogP contribution in [-0.4, -0.2) is 46.8 Å². The number of benzene rings is 1. The lowest BCUT2D eigenvalue weighted by Crippen LogP contribution is -2.40. The third-order valence-corrected chi connectivity index (χ3v) is 5.90. The number of urea groups is 1. The Hall–Kier alpha value is -2.02.